The first-order chi connectivity index (χ1) is 8.08. The number of rotatable bonds is 3. The Morgan fingerprint density at radius 3 is 2.76 bits per heavy atom. The molecule has 5 nitrogen and oxygen atoms in total. The van der Waals surface area contributed by atoms with Crippen molar-refractivity contribution >= 4 is 33.5 Å². The van der Waals surface area contributed by atoms with Crippen LogP contribution in [-0.2, 0) is 7.05 Å². The van der Waals surface area contributed by atoms with Gasteiger partial charge in [0, 0.05) is 22.0 Å². The minimum atomic E-state index is 0.0359. The number of aryl methyl sites for hydroxylation is 1. The molecule has 0 fully saturated rings. The van der Waals surface area contributed by atoms with Crippen LogP contribution in [0.4, 0.5) is 0 Å². The lowest BCUT2D eigenvalue weighted by molar-refractivity contribution is 0.101. The minimum Gasteiger partial charge on any atom is -0.294 e. The lowest BCUT2D eigenvalue weighted by Gasteiger charge is -2.03. The summed E-state index contributed by atoms with van der Waals surface area (Å²) in [5.74, 6) is 0.0359. The van der Waals surface area contributed by atoms with Crippen molar-refractivity contribution in [2.24, 2.45) is 7.05 Å². The van der Waals surface area contributed by atoms with Gasteiger partial charge in [-0.2, -0.15) is 0 Å². The highest BCUT2D eigenvalue weighted by Gasteiger charge is 2.09. The summed E-state index contributed by atoms with van der Waals surface area (Å²) in [5, 5.41) is 11.9. The molecule has 0 spiro atoms. The third-order valence-electron chi connectivity index (χ3n) is 2.11. The molecule has 0 unspecified atom stereocenters. The van der Waals surface area contributed by atoms with E-state index in [0.29, 0.717) is 10.7 Å². The summed E-state index contributed by atoms with van der Waals surface area (Å²) in [6.07, 6.45) is 0. The average molecular weight is 313 g/mol. The van der Waals surface area contributed by atoms with Crippen LogP contribution in [0.15, 0.2) is 32.7 Å². The fourth-order valence-corrected chi connectivity index (χ4v) is 2.84. The predicted octanol–water partition coefficient (Wildman–Crippen LogP) is 2.33. The maximum atomic E-state index is 11.3. The van der Waals surface area contributed by atoms with Gasteiger partial charge < -0.3 is 0 Å². The van der Waals surface area contributed by atoms with Crippen LogP contribution < -0.4 is 0 Å². The van der Waals surface area contributed by atoms with Gasteiger partial charge in [0.1, 0.15) is 0 Å². The predicted molar refractivity (Wildman–Crippen MR) is 67.1 cm³/mol. The summed E-state index contributed by atoms with van der Waals surface area (Å²) in [5.41, 5.74) is 0.672. The molecule has 17 heavy (non-hydrogen) atoms. The van der Waals surface area contributed by atoms with E-state index in [4.69, 9.17) is 0 Å². The Hall–Kier alpha value is -1.21. The van der Waals surface area contributed by atoms with Crippen molar-refractivity contribution in [1.29, 1.82) is 0 Å². The first kappa shape index (κ1) is 12.3. The zero-order chi connectivity index (χ0) is 12.4. The van der Waals surface area contributed by atoms with Crippen LogP contribution >= 0.6 is 27.7 Å². The summed E-state index contributed by atoms with van der Waals surface area (Å²) < 4.78 is 2.38. The number of Topliss-reactive ketones (excluding diaryl/α,β-unsaturated/α-hetero) is 1. The largest absolute Gasteiger partial charge is 0.294 e. The minimum absolute atomic E-state index is 0.0359. The van der Waals surface area contributed by atoms with Crippen LogP contribution in [0.3, 0.4) is 0 Å². The third kappa shape index (κ3) is 2.73. The molecule has 0 bridgehead atoms. The Kier molecular flexibility index (Phi) is 3.58. The summed E-state index contributed by atoms with van der Waals surface area (Å²) in [4.78, 5) is 12.2. The van der Waals surface area contributed by atoms with Crippen LogP contribution in [0.2, 0.25) is 0 Å². The molecule has 0 saturated heterocycles. The molecular formula is C10H9BrN4OS. The van der Waals surface area contributed by atoms with Crippen molar-refractivity contribution < 1.29 is 4.79 Å². The monoisotopic (exact) mass is 312 g/mol. The number of ketones is 1. The molecule has 0 N–H and O–H groups in total. The van der Waals surface area contributed by atoms with E-state index in [-0.39, 0.29) is 5.78 Å². The van der Waals surface area contributed by atoms with Crippen molar-refractivity contribution in [2.45, 2.75) is 17.0 Å². The summed E-state index contributed by atoms with van der Waals surface area (Å²) in [7, 11) is 1.78. The Morgan fingerprint density at radius 2 is 2.24 bits per heavy atom. The fraction of sp³-hybridized carbons (Fsp3) is 0.200. The van der Waals surface area contributed by atoms with Crippen LogP contribution in [0.25, 0.3) is 0 Å². The van der Waals surface area contributed by atoms with Crippen molar-refractivity contribution in [1.82, 2.24) is 20.2 Å². The van der Waals surface area contributed by atoms with Crippen LogP contribution in [0.1, 0.15) is 17.3 Å². The van der Waals surface area contributed by atoms with Gasteiger partial charge in [-0.25, -0.2) is 4.68 Å². The van der Waals surface area contributed by atoms with Gasteiger partial charge in [0.25, 0.3) is 0 Å². The second-order valence-corrected chi connectivity index (χ2v) is 5.28. The maximum absolute atomic E-state index is 11.3. The normalized spacial score (nSPS) is 10.5. The van der Waals surface area contributed by atoms with Crippen molar-refractivity contribution in [2.75, 3.05) is 0 Å². The Labute approximate surface area is 111 Å². The highest BCUT2D eigenvalue weighted by Crippen LogP contribution is 2.29. The van der Waals surface area contributed by atoms with Gasteiger partial charge in [0.05, 0.1) is 0 Å². The van der Waals surface area contributed by atoms with E-state index < -0.39 is 0 Å². The molecule has 88 valence electrons. The molecule has 1 heterocycles. The van der Waals surface area contributed by atoms with Gasteiger partial charge in [0.2, 0.25) is 5.16 Å². The number of aromatic nitrogens is 4. The Balaban J connectivity index is 2.27. The second kappa shape index (κ2) is 4.97. The Morgan fingerprint density at radius 1 is 1.47 bits per heavy atom. The zero-order valence-corrected chi connectivity index (χ0v) is 11.6. The number of carbonyl (C=O) groups excluding carboxylic acids is 1. The molecule has 0 aliphatic carbocycles. The SMILES string of the molecule is CC(=O)c1ccc(Sc2nnnn2C)cc1Br. The molecule has 0 atom stereocenters. The molecule has 2 rings (SSSR count). The van der Waals surface area contributed by atoms with E-state index in [1.165, 1.54) is 11.8 Å². The van der Waals surface area contributed by atoms with Gasteiger partial charge >= 0.3 is 0 Å². The molecule has 0 amide bonds. The second-order valence-electron chi connectivity index (χ2n) is 3.38. The van der Waals surface area contributed by atoms with Gasteiger partial charge in [-0.1, -0.05) is 15.9 Å². The van der Waals surface area contributed by atoms with E-state index in [0.717, 1.165) is 9.37 Å². The Bertz CT molecular complexity index is 569. The number of halogens is 1. The standard InChI is InChI=1S/C10H9BrN4OS/c1-6(16)8-4-3-7(5-9(8)11)17-10-12-13-14-15(10)2/h3-5H,1-2H3. The molecule has 0 radical (unpaired) electrons. The quantitative estimate of drug-likeness (QED) is 0.814. The lowest BCUT2D eigenvalue weighted by atomic mass is 10.2. The molecule has 1 aromatic carbocycles. The van der Waals surface area contributed by atoms with E-state index in [2.05, 4.69) is 31.5 Å². The zero-order valence-electron chi connectivity index (χ0n) is 9.22. The third-order valence-corrected chi connectivity index (χ3v) is 3.78. The highest BCUT2D eigenvalue weighted by molar-refractivity contribution is 9.10. The molecule has 0 aliphatic heterocycles. The lowest BCUT2D eigenvalue weighted by Crippen LogP contribution is -1.95. The van der Waals surface area contributed by atoms with Gasteiger partial charge in [0.15, 0.2) is 5.78 Å². The first-order valence-electron chi connectivity index (χ1n) is 4.78. The number of nitrogens with zero attached hydrogens (tertiary/aromatic N) is 4. The van der Waals surface area contributed by atoms with Gasteiger partial charge in [-0.05, 0) is 47.3 Å². The van der Waals surface area contributed by atoms with Crippen molar-refractivity contribution in [3.05, 3.63) is 28.2 Å². The molecule has 2 aromatic rings. The highest BCUT2D eigenvalue weighted by atomic mass is 79.9. The molecule has 0 aliphatic rings. The molecule has 1 aromatic heterocycles. The van der Waals surface area contributed by atoms with E-state index in [1.807, 2.05) is 12.1 Å². The van der Waals surface area contributed by atoms with E-state index in [1.54, 1.807) is 24.7 Å². The maximum Gasteiger partial charge on any atom is 0.213 e. The molecule has 7 heteroatoms. The number of carbonyl (C=O) groups is 1. The van der Waals surface area contributed by atoms with Gasteiger partial charge in [-0.15, -0.1) is 5.10 Å². The summed E-state index contributed by atoms with van der Waals surface area (Å²) in [6, 6.07) is 5.55. The fourth-order valence-electron chi connectivity index (χ4n) is 1.26. The van der Waals surface area contributed by atoms with Crippen molar-refractivity contribution in [3.63, 3.8) is 0 Å². The van der Waals surface area contributed by atoms with Crippen LogP contribution in [-0.4, -0.2) is 26.0 Å². The van der Waals surface area contributed by atoms with Crippen molar-refractivity contribution in [3.8, 4) is 0 Å². The molecular weight excluding hydrogens is 304 g/mol. The number of benzene rings is 1. The first-order valence-corrected chi connectivity index (χ1v) is 6.39. The smallest absolute Gasteiger partial charge is 0.213 e. The van der Waals surface area contributed by atoms with E-state index >= 15 is 0 Å². The van der Waals surface area contributed by atoms with Gasteiger partial charge in [-0.3, -0.25) is 4.79 Å². The topological polar surface area (TPSA) is 60.7 Å². The van der Waals surface area contributed by atoms with Crippen LogP contribution in [0, 0.1) is 0 Å². The number of tetrazole rings is 1. The average Bonchev–Trinajstić information content (AvgIpc) is 2.64. The summed E-state index contributed by atoms with van der Waals surface area (Å²) >= 11 is 4.82. The summed E-state index contributed by atoms with van der Waals surface area (Å²) in [6.45, 7) is 1.54. The van der Waals surface area contributed by atoms with Crippen LogP contribution in [0.5, 0.6) is 0 Å². The number of hydrogen-bond acceptors (Lipinski definition) is 5. The van der Waals surface area contributed by atoms with E-state index in [9.17, 15) is 4.79 Å². The molecule has 0 saturated carbocycles. The number of hydrogen-bond donors (Lipinski definition) is 0.